The molecule has 0 radical (unpaired) electrons. The Hall–Kier alpha value is -3.16. The fourth-order valence-corrected chi connectivity index (χ4v) is 5.52. The molecule has 2 atom stereocenters. The van der Waals surface area contributed by atoms with Crippen molar-refractivity contribution in [1.82, 2.24) is 9.88 Å². The predicted molar refractivity (Wildman–Crippen MR) is 120 cm³/mol. The fourth-order valence-electron chi connectivity index (χ4n) is 3.85. The van der Waals surface area contributed by atoms with Crippen LogP contribution in [0.2, 0.25) is 5.02 Å². The number of aryl methyl sites for hydroxylation is 1. The number of aromatic nitrogens is 1. The average molecular weight is 491 g/mol. The molecule has 1 saturated heterocycles. The zero-order chi connectivity index (χ0) is 23.9. The number of pyridine rings is 1. The first-order valence-electron chi connectivity index (χ1n) is 9.83. The van der Waals surface area contributed by atoms with Crippen LogP contribution in [0.1, 0.15) is 17.5 Å². The zero-order valence-corrected chi connectivity index (χ0v) is 19.1. The van der Waals surface area contributed by atoms with Gasteiger partial charge in [-0.05, 0) is 36.8 Å². The molecule has 0 aliphatic carbocycles. The third-order valence-electron chi connectivity index (χ3n) is 5.42. The number of benzene rings is 1. The average Bonchev–Trinajstić information content (AvgIpc) is 3.21. The number of nitrogens with zero attached hydrogens (tertiary/aromatic N) is 4. The van der Waals surface area contributed by atoms with Gasteiger partial charge in [-0.15, -0.1) is 11.8 Å². The second-order valence-corrected chi connectivity index (χ2v) is 8.94. The highest BCUT2D eigenvalue weighted by Gasteiger charge is 2.50. The van der Waals surface area contributed by atoms with Crippen molar-refractivity contribution in [3.05, 3.63) is 58.4 Å². The molecule has 0 saturated carbocycles. The van der Waals surface area contributed by atoms with E-state index in [1.54, 1.807) is 13.0 Å². The molecule has 0 N–H and O–H groups in total. The van der Waals surface area contributed by atoms with Gasteiger partial charge in [-0.25, -0.2) is 19.1 Å². The molecule has 1 fully saturated rings. The molecule has 1 aromatic carbocycles. The number of carbonyl (C=O) groups excluding carboxylic acids is 2. The summed E-state index contributed by atoms with van der Waals surface area (Å²) in [7, 11) is 1.32. The normalized spacial score (nSPS) is 19.9. The Labute approximate surface area is 197 Å². The third-order valence-corrected chi connectivity index (χ3v) is 7.08. The molecule has 7 nitrogen and oxygen atoms in total. The lowest BCUT2D eigenvalue weighted by molar-refractivity contribution is -0.119. The monoisotopic (exact) mass is 490 g/mol. The molecule has 2 aliphatic rings. The van der Waals surface area contributed by atoms with Gasteiger partial charge >= 0.3 is 6.03 Å². The maximum atomic E-state index is 14.6. The summed E-state index contributed by atoms with van der Waals surface area (Å²) in [6, 6.07) is 4.58. The molecule has 2 unspecified atom stereocenters. The van der Waals surface area contributed by atoms with Gasteiger partial charge in [0.25, 0.3) is 5.91 Å². The van der Waals surface area contributed by atoms with Crippen LogP contribution in [0.4, 0.5) is 19.3 Å². The molecule has 11 heteroatoms. The number of urea groups is 1. The number of ether oxygens (including phenoxy) is 1. The molecular formula is C22H17ClF2N4O3S. The van der Waals surface area contributed by atoms with Crippen molar-refractivity contribution in [2.75, 3.05) is 18.6 Å². The minimum Gasteiger partial charge on any atom is -0.494 e. The van der Waals surface area contributed by atoms with E-state index in [2.05, 4.69) is 4.98 Å². The Morgan fingerprint density at radius 3 is 2.76 bits per heavy atom. The van der Waals surface area contributed by atoms with Crippen LogP contribution in [0, 0.1) is 30.0 Å². The standard InChI is InChI=1S/C22H17ClF2N4O3S/c1-11-4-6-27-20(25)18(11)29-21(30)19-15(28(22(29)31)7-3-5-26)10-17(33-19)12-8-16(32-2)14(24)9-13(12)23/h4,6,8-10,15,19H,3,7H2,1-2H3. The molecule has 33 heavy (non-hydrogen) atoms. The SMILES string of the molecule is COc1cc(C2=CC3C(S2)C(=O)N(c2c(C)ccnc2F)C(=O)N3CCC#N)c(Cl)cc1F. The van der Waals surface area contributed by atoms with Crippen molar-refractivity contribution in [2.24, 2.45) is 0 Å². The molecule has 3 heterocycles. The van der Waals surface area contributed by atoms with Crippen molar-refractivity contribution in [3.8, 4) is 11.8 Å². The topological polar surface area (TPSA) is 86.5 Å². The van der Waals surface area contributed by atoms with Crippen LogP contribution >= 0.6 is 23.4 Å². The van der Waals surface area contributed by atoms with Crippen LogP contribution in [-0.2, 0) is 4.79 Å². The highest BCUT2D eigenvalue weighted by molar-refractivity contribution is 8.09. The van der Waals surface area contributed by atoms with Gasteiger partial charge in [-0.2, -0.15) is 9.65 Å². The summed E-state index contributed by atoms with van der Waals surface area (Å²) in [5.74, 6) is -2.22. The highest BCUT2D eigenvalue weighted by atomic mass is 35.5. The number of carbonyl (C=O) groups is 2. The molecular weight excluding hydrogens is 474 g/mol. The third kappa shape index (κ3) is 3.92. The van der Waals surface area contributed by atoms with E-state index in [1.165, 1.54) is 30.3 Å². The quantitative estimate of drug-likeness (QED) is 0.572. The number of amides is 3. The van der Waals surface area contributed by atoms with Gasteiger partial charge in [0.1, 0.15) is 10.9 Å². The van der Waals surface area contributed by atoms with E-state index >= 15 is 0 Å². The van der Waals surface area contributed by atoms with E-state index in [0.29, 0.717) is 16.0 Å². The minimum absolute atomic E-state index is 0.0183. The van der Waals surface area contributed by atoms with Crippen LogP contribution < -0.4 is 9.64 Å². The smallest absolute Gasteiger partial charge is 0.332 e. The Kier molecular flexibility index (Phi) is 6.28. The van der Waals surface area contributed by atoms with Gasteiger partial charge in [-0.3, -0.25) is 4.79 Å². The summed E-state index contributed by atoms with van der Waals surface area (Å²) >= 11 is 7.39. The van der Waals surface area contributed by atoms with Crippen LogP contribution in [-0.4, -0.2) is 46.8 Å². The maximum absolute atomic E-state index is 14.6. The number of nitriles is 1. The van der Waals surface area contributed by atoms with Gasteiger partial charge in [0.2, 0.25) is 5.95 Å². The fraction of sp³-hybridized carbons (Fsp3) is 0.273. The largest absolute Gasteiger partial charge is 0.494 e. The Balaban J connectivity index is 1.79. The highest BCUT2D eigenvalue weighted by Crippen LogP contribution is 2.47. The minimum atomic E-state index is -0.946. The van der Waals surface area contributed by atoms with E-state index in [9.17, 15) is 18.4 Å². The Morgan fingerprint density at radius 2 is 2.09 bits per heavy atom. The molecule has 3 amide bonds. The van der Waals surface area contributed by atoms with E-state index < -0.39 is 35.0 Å². The Bertz CT molecular complexity index is 1210. The van der Waals surface area contributed by atoms with Crippen LogP contribution in [0.3, 0.4) is 0 Å². The van der Waals surface area contributed by atoms with Gasteiger partial charge in [0.05, 0.1) is 30.7 Å². The zero-order valence-electron chi connectivity index (χ0n) is 17.5. The molecule has 2 aromatic rings. The molecule has 2 aliphatic heterocycles. The number of hydrogen-bond acceptors (Lipinski definition) is 6. The number of hydrogen-bond donors (Lipinski definition) is 0. The van der Waals surface area contributed by atoms with Gasteiger partial charge in [0.15, 0.2) is 11.6 Å². The van der Waals surface area contributed by atoms with Crippen LogP contribution in [0.15, 0.2) is 30.5 Å². The maximum Gasteiger partial charge on any atom is 0.332 e. The van der Waals surface area contributed by atoms with Gasteiger partial charge in [-0.1, -0.05) is 11.6 Å². The number of fused-ring (bicyclic) bond motifs is 1. The lowest BCUT2D eigenvalue weighted by atomic mass is 10.0. The van der Waals surface area contributed by atoms with Gasteiger partial charge < -0.3 is 9.64 Å². The predicted octanol–water partition coefficient (Wildman–Crippen LogP) is 4.54. The second-order valence-electron chi connectivity index (χ2n) is 7.35. The number of rotatable bonds is 5. The summed E-state index contributed by atoms with van der Waals surface area (Å²) in [6.45, 7) is 1.61. The van der Waals surface area contributed by atoms with Crippen molar-refractivity contribution >= 4 is 45.9 Å². The van der Waals surface area contributed by atoms with E-state index in [0.717, 1.165) is 22.7 Å². The first kappa shape index (κ1) is 23.0. The molecule has 170 valence electrons. The van der Waals surface area contributed by atoms with Crippen LogP contribution in [0.25, 0.3) is 4.91 Å². The van der Waals surface area contributed by atoms with Gasteiger partial charge in [0, 0.05) is 23.2 Å². The molecule has 0 spiro atoms. The van der Waals surface area contributed by atoms with Crippen molar-refractivity contribution in [1.29, 1.82) is 5.26 Å². The second kappa shape index (κ2) is 9.00. The lowest BCUT2D eigenvalue weighted by Gasteiger charge is -2.41. The van der Waals surface area contributed by atoms with Crippen molar-refractivity contribution in [3.63, 3.8) is 0 Å². The van der Waals surface area contributed by atoms with Crippen molar-refractivity contribution in [2.45, 2.75) is 24.6 Å². The molecule has 0 bridgehead atoms. The summed E-state index contributed by atoms with van der Waals surface area (Å²) in [4.78, 5) is 33.0. The number of imide groups is 1. The summed E-state index contributed by atoms with van der Waals surface area (Å²) in [6.07, 6.45) is 2.95. The Morgan fingerprint density at radius 1 is 1.33 bits per heavy atom. The molecule has 1 aromatic heterocycles. The summed E-state index contributed by atoms with van der Waals surface area (Å²) in [5, 5.41) is 8.36. The lowest BCUT2D eigenvalue weighted by Crippen LogP contribution is -2.62. The van der Waals surface area contributed by atoms with E-state index in [4.69, 9.17) is 21.6 Å². The number of methoxy groups -OCH3 is 1. The number of anilines is 1. The van der Waals surface area contributed by atoms with Crippen molar-refractivity contribution < 1.29 is 23.1 Å². The number of thioether (sulfide) groups is 1. The first-order valence-corrected chi connectivity index (χ1v) is 11.1. The molecule has 4 rings (SSSR count). The van der Waals surface area contributed by atoms with E-state index in [1.807, 2.05) is 6.07 Å². The van der Waals surface area contributed by atoms with E-state index in [-0.39, 0.29) is 29.4 Å². The number of halogens is 3. The summed E-state index contributed by atoms with van der Waals surface area (Å²) < 4.78 is 33.7. The summed E-state index contributed by atoms with van der Waals surface area (Å²) in [5.41, 5.74) is 0.582. The van der Waals surface area contributed by atoms with Crippen LogP contribution in [0.5, 0.6) is 5.75 Å². The first-order chi connectivity index (χ1) is 15.8.